The second-order valence-corrected chi connectivity index (χ2v) is 14.8. The van der Waals surface area contributed by atoms with Gasteiger partial charge >= 0.3 is 0 Å². The molecule has 0 fully saturated rings. The normalized spacial score (nSPS) is 11.3. The van der Waals surface area contributed by atoms with E-state index in [4.69, 9.17) is 0 Å². The molecule has 0 radical (unpaired) electrons. The number of nitrogens with zero attached hydrogens (tertiary/aromatic N) is 1. The van der Waals surface area contributed by atoms with Crippen molar-refractivity contribution in [3.05, 3.63) is 212 Å². The van der Waals surface area contributed by atoms with Gasteiger partial charge in [0, 0.05) is 31.5 Å². The highest BCUT2D eigenvalue weighted by atomic mass is 32.1. The predicted molar refractivity (Wildman–Crippen MR) is 233 cm³/mol. The minimum atomic E-state index is 1.12. The molecule has 54 heavy (non-hydrogen) atoms. The van der Waals surface area contributed by atoms with Gasteiger partial charge in [0.05, 0.1) is 5.69 Å². The molecule has 0 aliphatic heterocycles. The predicted octanol–water partition coefficient (Wildman–Crippen LogP) is 15.3. The number of fused-ring (bicyclic) bond motifs is 4. The Morgan fingerprint density at radius 2 is 0.815 bits per heavy atom. The maximum Gasteiger partial charge on any atom is 0.0554 e. The quantitative estimate of drug-likeness (QED) is 0.160. The van der Waals surface area contributed by atoms with E-state index in [2.05, 4.69) is 217 Å². The van der Waals surface area contributed by atoms with Gasteiger partial charge in [-0.1, -0.05) is 164 Å². The van der Waals surface area contributed by atoms with Crippen molar-refractivity contribution < 1.29 is 0 Å². The fourth-order valence-electron chi connectivity index (χ4n) is 7.78. The molecule has 0 aliphatic rings. The number of anilines is 3. The van der Waals surface area contributed by atoms with Gasteiger partial charge in [-0.25, -0.2) is 0 Å². The van der Waals surface area contributed by atoms with Crippen molar-refractivity contribution in [2.24, 2.45) is 0 Å². The summed E-state index contributed by atoms with van der Waals surface area (Å²) in [4.78, 5) is 2.42. The number of thiophene rings is 1. The van der Waals surface area contributed by atoms with E-state index in [9.17, 15) is 0 Å². The highest BCUT2D eigenvalue weighted by Gasteiger charge is 2.19. The third-order valence-corrected chi connectivity index (χ3v) is 11.6. The molecule has 0 saturated carbocycles. The highest BCUT2D eigenvalue weighted by Crippen LogP contribution is 2.45. The summed E-state index contributed by atoms with van der Waals surface area (Å²) in [6.45, 7) is 0. The Morgan fingerprint density at radius 3 is 1.48 bits per heavy atom. The van der Waals surface area contributed by atoms with Gasteiger partial charge in [0.1, 0.15) is 0 Å². The molecule has 9 aromatic carbocycles. The Morgan fingerprint density at radius 1 is 0.315 bits per heavy atom. The second-order valence-electron chi connectivity index (χ2n) is 13.7. The van der Waals surface area contributed by atoms with Gasteiger partial charge < -0.3 is 4.90 Å². The molecular weight excluding hydrogens is 671 g/mol. The minimum absolute atomic E-state index is 1.12. The van der Waals surface area contributed by atoms with E-state index >= 15 is 0 Å². The molecule has 0 unspecified atom stereocenters. The Kier molecular flexibility index (Phi) is 8.09. The van der Waals surface area contributed by atoms with Crippen molar-refractivity contribution in [2.75, 3.05) is 4.90 Å². The molecule has 1 heterocycles. The first-order valence-electron chi connectivity index (χ1n) is 18.4. The van der Waals surface area contributed by atoms with Gasteiger partial charge in [0.25, 0.3) is 0 Å². The second kappa shape index (κ2) is 13.7. The van der Waals surface area contributed by atoms with Crippen LogP contribution in [-0.4, -0.2) is 0 Å². The summed E-state index contributed by atoms with van der Waals surface area (Å²) >= 11 is 1.86. The molecule has 0 N–H and O–H groups in total. The fraction of sp³-hybridized carbons (Fsp3) is 0. The van der Waals surface area contributed by atoms with Crippen LogP contribution in [0.5, 0.6) is 0 Å². The van der Waals surface area contributed by atoms with Crippen molar-refractivity contribution in [2.45, 2.75) is 0 Å². The first kappa shape index (κ1) is 32.0. The van der Waals surface area contributed by atoms with E-state index in [1.54, 1.807) is 0 Å². The third kappa shape index (κ3) is 5.84. The summed E-state index contributed by atoms with van der Waals surface area (Å²) in [6, 6.07) is 77.1. The number of rotatable bonds is 7. The summed E-state index contributed by atoms with van der Waals surface area (Å²) in [7, 11) is 0. The Hall–Kier alpha value is -6.74. The molecule has 1 aromatic heterocycles. The zero-order valence-corrected chi connectivity index (χ0v) is 30.4. The van der Waals surface area contributed by atoms with Crippen LogP contribution in [0, 0.1) is 0 Å². The molecule has 10 aromatic rings. The van der Waals surface area contributed by atoms with E-state index < -0.39 is 0 Å². The Labute approximate surface area is 319 Å². The topological polar surface area (TPSA) is 3.24 Å². The minimum Gasteiger partial charge on any atom is -0.310 e. The molecule has 10 rings (SSSR count). The summed E-state index contributed by atoms with van der Waals surface area (Å²) in [5.74, 6) is 0. The van der Waals surface area contributed by atoms with Gasteiger partial charge in [-0.3, -0.25) is 0 Å². The number of benzene rings is 9. The molecule has 0 spiro atoms. The van der Waals surface area contributed by atoms with Crippen LogP contribution in [0.25, 0.3) is 75.5 Å². The lowest BCUT2D eigenvalue weighted by Gasteiger charge is -2.27. The van der Waals surface area contributed by atoms with Gasteiger partial charge in [-0.15, -0.1) is 11.3 Å². The first-order valence-corrected chi connectivity index (χ1v) is 19.2. The molecular formula is C52H35NS. The smallest absolute Gasteiger partial charge is 0.0554 e. The van der Waals surface area contributed by atoms with E-state index in [1.165, 1.54) is 81.1 Å². The van der Waals surface area contributed by atoms with Gasteiger partial charge in [-0.05, 0) is 104 Å². The molecule has 0 aliphatic carbocycles. The van der Waals surface area contributed by atoms with Crippen molar-refractivity contribution >= 4 is 59.3 Å². The molecule has 0 amide bonds. The van der Waals surface area contributed by atoms with Crippen LogP contribution in [0.1, 0.15) is 0 Å². The highest BCUT2D eigenvalue weighted by molar-refractivity contribution is 7.26. The first-order chi connectivity index (χ1) is 26.8. The fourth-order valence-corrected chi connectivity index (χ4v) is 8.91. The number of hydrogen-bond donors (Lipinski definition) is 0. The zero-order valence-electron chi connectivity index (χ0n) is 29.6. The summed E-state index contributed by atoms with van der Waals surface area (Å²) in [6.07, 6.45) is 0. The van der Waals surface area contributed by atoms with E-state index in [0.717, 1.165) is 11.4 Å². The zero-order chi connectivity index (χ0) is 35.8. The summed E-state index contributed by atoms with van der Waals surface area (Å²) in [5.41, 5.74) is 13.1. The standard InChI is InChI=1S/C52H35NS/c1-3-11-36(12-4-1)37-21-23-38(24-22-37)39-27-31-44(32-28-39)53(49-18-10-20-51-52(49)47-16-7-8-19-50(47)54-51)45-33-29-40(30-34-45)43-26-25-42-15-9-17-46(48(42)35-43)41-13-5-2-6-14-41/h1-35H. The lowest BCUT2D eigenvalue weighted by atomic mass is 9.95. The number of hydrogen-bond acceptors (Lipinski definition) is 2. The van der Waals surface area contributed by atoms with Crippen molar-refractivity contribution in [3.8, 4) is 44.5 Å². The molecule has 0 bridgehead atoms. The third-order valence-electron chi connectivity index (χ3n) is 10.5. The largest absolute Gasteiger partial charge is 0.310 e. The average Bonchev–Trinajstić information content (AvgIpc) is 3.64. The van der Waals surface area contributed by atoms with Crippen LogP contribution in [0.15, 0.2) is 212 Å². The lowest BCUT2D eigenvalue weighted by molar-refractivity contribution is 1.30. The molecule has 0 saturated heterocycles. The van der Waals surface area contributed by atoms with Crippen LogP contribution in [0.2, 0.25) is 0 Å². The summed E-state index contributed by atoms with van der Waals surface area (Å²) < 4.78 is 2.59. The van der Waals surface area contributed by atoms with Crippen LogP contribution >= 0.6 is 11.3 Å². The van der Waals surface area contributed by atoms with Gasteiger partial charge in [0.15, 0.2) is 0 Å². The van der Waals surface area contributed by atoms with Crippen LogP contribution in [0.3, 0.4) is 0 Å². The van der Waals surface area contributed by atoms with E-state index in [-0.39, 0.29) is 0 Å². The van der Waals surface area contributed by atoms with Crippen LogP contribution < -0.4 is 4.90 Å². The Bertz CT molecular complexity index is 2890. The summed E-state index contributed by atoms with van der Waals surface area (Å²) in [5, 5.41) is 5.08. The Balaban J connectivity index is 1.05. The molecule has 2 heteroatoms. The maximum atomic E-state index is 2.42. The van der Waals surface area contributed by atoms with Crippen molar-refractivity contribution in [1.29, 1.82) is 0 Å². The van der Waals surface area contributed by atoms with Crippen LogP contribution in [0.4, 0.5) is 17.1 Å². The van der Waals surface area contributed by atoms with Crippen molar-refractivity contribution in [3.63, 3.8) is 0 Å². The van der Waals surface area contributed by atoms with Crippen LogP contribution in [-0.2, 0) is 0 Å². The monoisotopic (exact) mass is 705 g/mol. The lowest BCUT2D eigenvalue weighted by Crippen LogP contribution is -2.10. The van der Waals surface area contributed by atoms with E-state index in [0.29, 0.717) is 0 Å². The van der Waals surface area contributed by atoms with Gasteiger partial charge in [-0.2, -0.15) is 0 Å². The van der Waals surface area contributed by atoms with E-state index in [1.807, 2.05) is 11.3 Å². The SMILES string of the molecule is c1ccc(-c2ccc(-c3ccc(N(c4ccc(-c5ccc6cccc(-c7ccccc7)c6c5)cc4)c4cccc5sc6ccccc6c45)cc3)cc2)cc1. The van der Waals surface area contributed by atoms with Crippen molar-refractivity contribution in [1.82, 2.24) is 0 Å². The molecule has 1 nitrogen and oxygen atoms in total. The molecule has 0 atom stereocenters. The average molecular weight is 706 g/mol. The van der Waals surface area contributed by atoms with Gasteiger partial charge in [0.2, 0.25) is 0 Å². The maximum absolute atomic E-state index is 2.42. The molecule has 254 valence electrons.